The molecule has 1 aromatic heterocycles. The van der Waals surface area contributed by atoms with Crippen molar-refractivity contribution < 1.29 is 26.3 Å². The van der Waals surface area contributed by atoms with Crippen LogP contribution in [-0.2, 0) is 0 Å². The molecule has 1 aliphatic heterocycles. The maximum atomic E-state index is 13.5. The lowest BCUT2D eigenvalue weighted by molar-refractivity contribution is -0.110. The number of anilines is 1. The minimum absolute atomic E-state index is 0.306. The van der Waals surface area contributed by atoms with E-state index in [0.29, 0.717) is 6.07 Å². The Kier molecular flexibility index (Phi) is 3.53. The van der Waals surface area contributed by atoms with Crippen LogP contribution in [0, 0.1) is 17.6 Å². The van der Waals surface area contributed by atoms with E-state index in [-0.39, 0.29) is 13.2 Å². The van der Waals surface area contributed by atoms with Gasteiger partial charge in [-0.05, 0) is 6.08 Å². The summed E-state index contributed by atoms with van der Waals surface area (Å²) in [5, 5.41) is 0. The summed E-state index contributed by atoms with van der Waals surface area (Å²) in [7, 11) is 1.16. The Bertz CT molecular complexity index is 554. The lowest BCUT2D eigenvalue weighted by atomic mass is 10.2. The van der Waals surface area contributed by atoms with Gasteiger partial charge in [0.05, 0.1) is 6.67 Å². The number of rotatable bonds is 1. The van der Waals surface area contributed by atoms with Crippen LogP contribution in [0.5, 0.6) is 0 Å². The molecule has 0 saturated heterocycles. The number of alkyl halides is 3. The molecule has 1 aliphatic rings. The van der Waals surface area contributed by atoms with Gasteiger partial charge < -0.3 is 9.80 Å². The fourth-order valence-corrected chi connectivity index (χ4v) is 1.88. The molecule has 3 nitrogen and oxygen atoms in total. The molecule has 0 radical (unpaired) electrons. The first kappa shape index (κ1) is 14.5. The third kappa shape index (κ3) is 2.66. The Morgan fingerprint density at radius 3 is 2.35 bits per heavy atom. The van der Waals surface area contributed by atoms with Crippen molar-refractivity contribution in [2.45, 2.75) is 6.18 Å². The average molecular weight is 297 g/mol. The Labute approximate surface area is 110 Å². The molecule has 0 unspecified atom stereocenters. The molecule has 2 rings (SSSR count). The summed E-state index contributed by atoms with van der Waals surface area (Å²) in [5.41, 5.74) is -0.878. The molecule has 20 heavy (non-hydrogen) atoms. The van der Waals surface area contributed by atoms with Crippen molar-refractivity contribution >= 4 is 5.82 Å². The molecule has 0 saturated carbocycles. The Morgan fingerprint density at radius 2 is 1.80 bits per heavy atom. The van der Waals surface area contributed by atoms with Crippen LogP contribution in [0.1, 0.15) is 0 Å². The number of pyridine rings is 1. The number of aromatic nitrogens is 1. The molecule has 0 aliphatic carbocycles. The van der Waals surface area contributed by atoms with Crippen LogP contribution in [0.15, 0.2) is 17.8 Å². The van der Waals surface area contributed by atoms with Crippen LogP contribution in [0.4, 0.5) is 32.2 Å². The first-order valence-electron chi connectivity index (χ1n) is 5.45. The molecule has 0 spiro atoms. The van der Waals surface area contributed by atoms with Crippen molar-refractivity contribution in [3.63, 3.8) is 0 Å². The lowest BCUT2D eigenvalue weighted by Gasteiger charge is -2.35. The zero-order chi connectivity index (χ0) is 15.1. The molecule has 0 bridgehead atoms. The van der Waals surface area contributed by atoms with E-state index in [1.54, 1.807) is 0 Å². The van der Waals surface area contributed by atoms with Crippen molar-refractivity contribution in [3.8, 4) is 0 Å². The average Bonchev–Trinajstić information content (AvgIpc) is 2.32. The monoisotopic (exact) mass is 297 g/mol. The number of halogens is 6. The molecule has 0 fully saturated rings. The molecule has 1 aromatic rings. The second kappa shape index (κ2) is 4.88. The molecular formula is C11H9F6N3. The number of hydrogen-bond donors (Lipinski definition) is 0. The summed E-state index contributed by atoms with van der Waals surface area (Å²) < 4.78 is 77.0. The van der Waals surface area contributed by atoms with Gasteiger partial charge in [-0.2, -0.15) is 22.5 Å². The first-order valence-corrected chi connectivity index (χ1v) is 5.45. The topological polar surface area (TPSA) is 19.4 Å². The van der Waals surface area contributed by atoms with Crippen molar-refractivity contribution in [2.75, 3.05) is 25.2 Å². The minimum atomic E-state index is -4.53. The smallest absolute Gasteiger partial charge is 0.353 e. The van der Waals surface area contributed by atoms with Gasteiger partial charge in [0.15, 0.2) is 17.5 Å². The summed E-state index contributed by atoms with van der Waals surface area (Å²) in [6.07, 6.45) is -3.70. The van der Waals surface area contributed by atoms with E-state index >= 15 is 0 Å². The Balaban J connectivity index is 2.30. The van der Waals surface area contributed by atoms with Gasteiger partial charge in [0.25, 0.3) is 5.95 Å². The summed E-state index contributed by atoms with van der Waals surface area (Å²) in [4.78, 5) is 4.98. The molecule has 0 N–H and O–H groups in total. The molecular weight excluding hydrogens is 288 g/mol. The van der Waals surface area contributed by atoms with Gasteiger partial charge in [-0.3, -0.25) is 0 Å². The zero-order valence-corrected chi connectivity index (χ0v) is 10.2. The normalized spacial score (nSPS) is 16.4. The second-order valence-corrected chi connectivity index (χ2v) is 4.22. The highest BCUT2D eigenvalue weighted by Gasteiger charge is 2.38. The van der Waals surface area contributed by atoms with E-state index in [1.807, 2.05) is 0 Å². The molecule has 110 valence electrons. The minimum Gasteiger partial charge on any atom is -0.353 e. The van der Waals surface area contributed by atoms with Crippen LogP contribution in [0.25, 0.3) is 0 Å². The van der Waals surface area contributed by atoms with Crippen LogP contribution < -0.4 is 4.90 Å². The SMILES string of the molecule is CN1CN(c2nc(F)c(F)cc2F)CC=C1C(F)(F)F. The van der Waals surface area contributed by atoms with E-state index in [1.165, 1.54) is 0 Å². The van der Waals surface area contributed by atoms with Crippen molar-refractivity contribution in [3.05, 3.63) is 35.4 Å². The van der Waals surface area contributed by atoms with E-state index in [2.05, 4.69) is 4.98 Å². The summed E-state index contributed by atoms with van der Waals surface area (Å²) >= 11 is 0. The lowest BCUT2D eigenvalue weighted by Crippen LogP contribution is -2.44. The van der Waals surface area contributed by atoms with Gasteiger partial charge in [-0.25, -0.2) is 8.78 Å². The quantitative estimate of drug-likeness (QED) is 0.587. The standard InChI is InChI=1S/C11H9F6N3/c1-19-5-20(3-2-8(19)11(15,16)17)10-7(13)4-6(12)9(14)18-10/h2,4H,3,5H2,1H3. The fourth-order valence-electron chi connectivity index (χ4n) is 1.88. The predicted octanol–water partition coefficient (Wildman–Crippen LogP) is 2.65. The van der Waals surface area contributed by atoms with Crippen LogP contribution in [0.3, 0.4) is 0 Å². The van der Waals surface area contributed by atoms with Crippen LogP contribution in [-0.4, -0.2) is 36.3 Å². The number of hydrogen-bond acceptors (Lipinski definition) is 3. The third-order valence-corrected chi connectivity index (χ3v) is 2.76. The number of allylic oxidation sites excluding steroid dienone is 1. The van der Waals surface area contributed by atoms with Gasteiger partial charge in [0.1, 0.15) is 5.70 Å². The van der Waals surface area contributed by atoms with Gasteiger partial charge >= 0.3 is 6.18 Å². The maximum absolute atomic E-state index is 13.5. The second-order valence-electron chi connectivity index (χ2n) is 4.22. The summed E-state index contributed by atoms with van der Waals surface area (Å²) in [5.74, 6) is -4.63. The van der Waals surface area contributed by atoms with Crippen molar-refractivity contribution in [1.29, 1.82) is 0 Å². The van der Waals surface area contributed by atoms with Crippen LogP contribution >= 0.6 is 0 Å². The highest BCUT2D eigenvalue weighted by molar-refractivity contribution is 5.42. The number of nitrogens with zero attached hydrogens (tertiary/aromatic N) is 3. The van der Waals surface area contributed by atoms with Gasteiger partial charge in [-0.1, -0.05) is 0 Å². The Morgan fingerprint density at radius 1 is 1.15 bits per heavy atom. The first-order chi connectivity index (χ1) is 9.20. The van der Waals surface area contributed by atoms with Gasteiger partial charge in [0.2, 0.25) is 0 Å². The van der Waals surface area contributed by atoms with E-state index in [9.17, 15) is 26.3 Å². The largest absolute Gasteiger partial charge is 0.430 e. The molecule has 0 aromatic carbocycles. The van der Waals surface area contributed by atoms with E-state index < -0.39 is 35.3 Å². The highest BCUT2D eigenvalue weighted by Crippen LogP contribution is 2.31. The zero-order valence-electron chi connectivity index (χ0n) is 10.2. The van der Waals surface area contributed by atoms with Gasteiger partial charge in [0, 0.05) is 19.7 Å². The summed E-state index contributed by atoms with van der Waals surface area (Å²) in [6, 6.07) is 0.306. The Hall–Kier alpha value is -1.93. The highest BCUT2D eigenvalue weighted by atomic mass is 19.4. The molecule has 0 atom stereocenters. The summed E-state index contributed by atoms with van der Waals surface area (Å²) in [6.45, 7) is -0.658. The van der Waals surface area contributed by atoms with Crippen molar-refractivity contribution in [2.24, 2.45) is 0 Å². The van der Waals surface area contributed by atoms with E-state index in [0.717, 1.165) is 22.9 Å². The third-order valence-electron chi connectivity index (χ3n) is 2.76. The van der Waals surface area contributed by atoms with Crippen LogP contribution in [0.2, 0.25) is 0 Å². The van der Waals surface area contributed by atoms with E-state index in [4.69, 9.17) is 0 Å². The maximum Gasteiger partial charge on any atom is 0.430 e. The predicted molar refractivity (Wildman–Crippen MR) is 58.2 cm³/mol. The van der Waals surface area contributed by atoms with Crippen molar-refractivity contribution in [1.82, 2.24) is 9.88 Å². The fraction of sp³-hybridized carbons (Fsp3) is 0.364. The molecule has 9 heteroatoms. The van der Waals surface area contributed by atoms with Gasteiger partial charge in [-0.15, -0.1) is 0 Å². The molecule has 2 heterocycles. The molecule has 0 amide bonds.